The van der Waals surface area contributed by atoms with Crippen molar-refractivity contribution in [3.63, 3.8) is 0 Å². The van der Waals surface area contributed by atoms with Crippen LogP contribution in [0.5, 0.6) is 0 Å². The van der Waals surface area contributed by atoms with Crippen LogP contribution in [0.3, 0.4) is 0 Å². The Labute approximate surface area is 134 Å². The van der Waals surface area contributed by atoms with E-state index < -0.39 is 0 Å². The first kappa shape index (κ1) is 17.6. The number of benzene rings is 1. The molecular weight excluding hydrogens is 313 g/mol. The topological polar surface area (TPSA) is 61.4 Å². The van der Waals surface area contributed by atoms with E-state index in [0.29, 0.717) is 21.3 Å². The van der Waals surface area contributed by atoms with Gasteiger partial charge in [0.15, 0.2) is 0 Å². The Kier molecular flexibility index (Phi) is 6.30. The Morgan fingerprint density at radius 3 is 2.52 bits per heavy atom. The van der Waals surface area contributed by atoms with Crippen molar-refractivity contribution in [2.75, 3.05) is 19.4 Å². The summed E-state index contributed by atoms with van der Waals surface area (Å²) in [6.45, 7) is 3.57. The first-order valence-corrected chi connectivity index (χ1v) is 7.22. The van der Waals surface area contributed by atoms with Gasteiger partial charge in [0.1, 0.15) is 0 Å². The number of anilines is 1. The summed E-state index contributed by atoms with van der Waals surface area (Å²) >= 11 is 12.1. The monoisotopic (exact) mass is 331 g/mol. The van der Waals surface area contributed by atoms with Gasteiger partial charge in [0.2, 0.25) is 5.91 Å². The average molecular weight is 332 g/mol. The highest BCUT2D eigenvalue weighted by molar-refractivity contribution is 6.38. The van der Waals surface area contributed by atoms with Gasteiger partial charge < -0.3 is 15.5 Å². The Hall–Kier alpha value is -1.46. The normalized spacial score (nSPS) is 11.7. The van der Waals surface area contributed by atoms with Crippen LogP contribution in [-0.2, 0) is 4.79 Å². The zero-order valence-corrected chi connectivity index (χ0v) is 14.0. The van der Waals surface area contributed by atoms with Crippen LogP contribution in [0.1, 0.15) is 18.9 Å². The summed E-state index contributed by atoms with van der Waals surface area (Å²) in [5.74, 6) is -0.123. The highest BCUT2D eigenvalue weighted by Gasteiger charge is 2.19. The minimum absolute atomic E-state index is 0.123. The lowest BCUT2D eigenvalue weighted by Gasteiger charge is -2.25. The fraction of sp³-hybridized carbons (Fsp3) is 0.429. The molecule has 1 rings (SSSR count). The van der Waals surface area contributed by atoms with Gasteiger partial charge >= 0.3 is 6.03 Å². The van der Waals surface area contributed by atoms with Crippen LogP contribution in [0.25, 0.3) is 0 Å². The fourth-order valence-corrected chi connectivity index (χ4v) is 2.09. The lowest BCUT2D eigenvalue weighted by atomic mass is 10.2. The van der Waals surface area contributed by atoms with Crippen molar-refractivity contribution in [2.24, 2.45) is 0 Å². The number of urea groups is 1. The molecule has 5 nitrogen and oxygen atoms in total. The molecule has 1 atom stereocenters. The molecule has 0 saturated heterocycles. The molecule has 0 radical (unpaired) electrons. The SMILES string of the molecule is CNC(=O)C[C@@H](C)N(C)C(=O)Nc1ccc(Cl)c(C)c1Cl. The van der Waals surface area contributed by atoms with E-state index in [-0.39, 0.29) is 24.4 Å². The van der Waals surface area contributed by atoms with Crippen molar-refractivity contribution in [1.29, 1.82) is 0 Å². The molecule has 2 N–H and O–H groups in total. The number of carbonyl (C=O) groups is 2. The molecule has 1 aromatic carbocycles. The molecule has 116 valence electrons. The summed E-state index contributed by atoms with van der Waals surface area (Å²) in [4.78, 5) is 25.0. The molecule has 3 amide bonds. The van der Waals surface area contributed by atoms with E-state index in [1.54, 1.807) is 40.1 Å². The molecule has 0 aliphatic rings. The maximum absolute atomic E-state index is 12.2. The maximum atomic E-state index is 12.2. The van der Waals surface area contributed by atoms with E-state index in [9.17, 15) is 9.59 Å². The summed E-state index contributed by atoms with van der Waals surface area (Å²) < 4.78 is 0. The number of nitrogens with one attached hydrogen (secondary N) is 2. The predicted octanol–water partition coefficient (Wildman–Crippen LogP) is 3.29. The van der Waals surface area contributed by atoms with Crippen molar-refractivity contribution in [1.82, 2.24) is 10.2 Å². The van der Waals surface area contributed by atoms with E-state index in [2.05, 4.69) is 10.6 Å². The third-order valence-electron chi connectivity index (χ3n) is 3.30. The molecule has 0 bridgehead atoms. The number of halogens is 2. The first-order chi connectivity index (χ1) is 9.77. The molecular formula is C14H19Cl2N3O2. The van der Waals surface area contributed by atoms with E-state index in [1.807, 2.05) is 0 Å². The van der Waals surface area contributed by atoms with Gasteiger partial charge in [0.25, 0.3) is 0 Å². The van der Waals surface area contributed by atoms with E-state index in [0.717, 1.165) is 0 Å². The minimum atomic E-state index is -0.338. The molecule has 0 saturated carbocycles. The number of amides is 3. The zero-order valence-electron chi connectivity index (χ0n) is 12.5. The Morgan fingerprint density at radius 1 is 1.33 bits per heavy atom. The molecule has 0 spiro atoms. The van der Waals surface area contributed by atoms with Crippen molar-refractivity contribution in [3.05, 3.63) is 27.7 Å². The van der Waals surface area contributed by atoms with Gasteiger partial charge in [-0.1, -0.05) is 23.2 Å². The van der Waals surface area contributed by atoms with Crippen molar-refractivity contribution in [3.8, 4) is 0 Å². The Bertz CT molecular complexity index is 549. The largest absolute Gasteiger partial charge is 0.359 e. The molecule has 0 aliphatic carbocycles. The fourth-order valence-electron chi connectivity index (χ4n) is 1.67. The van der Waals surface area contributed by atoms with Crippen LogP contribution in [0.15, 0.2) is 12.1 Å². The molecule has 0 unspecified atom stereocenters. The number of hydrogen-bond acceptors (Lipinski definition) is 2. The van der Waals surface area contributed by atoms with Crippen LogP contribution in [-0.4, -0.2) is 37.0 Å². The minimum Gasteiger partial charge on any atom is -0.359 e. The number of carbonyl (C=O) groups excluding carboxylic acids is 2. The highest BCUT2D eigenvalue weighted by Crippen LogP contribution is 2.31. The van der Waals surface area contributed by atoms with Crippen molar-refractivity contribution < 1.29 is 9.59 Å². The summed E-state index contributed by atoms with van der Waals surface area (Å²) in [6.07, 6.45) is 0.230. The van der Waals surface area contributed by atoms with Gasteiger partial charge in [0, 0.05) is 31.6 Å². The third kappa shape index (κ3) is 4.51. The number of rotatable bonds is 4. The average Bonchev–Trinajstić information content (AvgIpc) is 2.46. The highest BCUT2D eigenvalue weighted by atomic mass is 35.5. The number of hydrogen-bond donors (Lipinski definition) is 2. The van der Waals surface area contributed by atoms with Crippen molar-refractivity contribution >= 4 is 40.8 Å². The quantitative estimate of drug-likeness (QED) is 0.889. The van der Waals surface area contributed by atoms with Crippen molar-refractivity contribution in [2.45, 2.75) is 26.3 Å². The molecule has 0 aromatic heterocycles. The second kappa shape index (κ2) is 7.52. The first-order valence-electron chi connectivity index (χ1n) is 6.47. The molecule has 0 fully saturated rings. The molecule has 0 aliphatic heterocycles. The Balaban J connectivity index is 2.77. The van der Waals surface area contributed by atoms with Gasteiger partial charge in [0.05, 0.1) is 10.7 Å². The molecule has 1 aromatic rings. The van der Waals surface area contributed by atoms with Gasteiger partial charge in [-0.05, 0) is 31.5 Å². The van der Waals surface area contributed by atoms with E-state index in [4.69, 9.17) is 23.2 Å². The molecule has 21 heavy (non-hydrogen) atoms. The zero-order chi connectivity index (χ0) is 16.2. The lowest BCUT2D eigenvalue weighted by molar-refractivity contribution is -0.121. The predicted molar refractivity (Wildman–Crippen MR) is 86.1 cm³/mol. The maximum Gasteiger partial charge on any atom is 0.321 e. The second-order valence-electron chi connectivity index (χ2n) is 4.80. The smallest absolute Gasteiger partial charge is 0.321 e. The van der Waals surface area contributed by atoms with Crippen LogP contribution in [0, 0.1) is 6.92 Å². The van der Waals surface area contributed by atoms with E-state index >= 15 is 0 Å². The summed E-state index contributed by atoms with van der Waals surface area (Å²) in [5.41, 5.74) is 1.19. The number of nitrogens with zero attached hydrogens (tertiary/aromatic N) is 1. The van der Waals surface area contributed by atoms with Crippen LogP contribution >= 0.6 is 23.2 Å². The molecule has 0 heterocycles. The van der Waals surface area contributed by atoms with Gasteiger partial charge in [-0.15, -0.1) is 0 Å². The lowest BCUT2D eigenvalue weighted by Crippen LogP contribution is -2.40. The van der Waals surface area contributed by atoms with Crippen LogP contribution in [0.2, 0.25) is 10.0 Å². The Morgan fingerprint density at radius 2 is 1.95 bits per heavy atom. The van der Waals surface area contributed by atoms with Gasteiger partial charge in [-0.2, -0.15) is 0 Å². The standard InChI is InChI=1S/C14H19Cl2N3O2/c1-8(7-12(20)17-3)19(4)14(21)18-11-6-5-10(15)9(2)13(11)16/h5-6,8H,7H2,1-4H3,(H,17,20)(H,18,21)/t8-/m1/s1. The van der Waals surface area contributed by atoms with Gasteiger partial charge in [-0.25, -0.2) is 4.79 Å². The van der Waals surface area contributed by atoms with E-state index in [1.165, 1.54) is 4.90 Å². The molecule has 7 heteroatoms. The summed E-state index contributed by atoms with van der Waals surface area (Å²) in [5, 5.41) is 6.19. The second-order valence-corrected chi connectivity index (χ2v) is 5.59. The third-order valence-corrected chi connectivity index (χ3v) is 4.20. The summed E-state index contributed by atoms with van der Waals surface area (Å²) in [6, 6.07) is 2.74. The van der Waals surface area contributed by atoms with Crippen LogP contribution in [0.4, 0.5) is 10.5 Å². The summed E-state index contributed by atoms with van der Waals surface area (Å²) in [7, 11) is 3.19. The van der Waals surface area contributed by atoms with Gasteiger partial charge in [-0.3, -0.25) is 4.79 Å². The van der Waals surface area contributed by atoms with Crippen LogP contribution < -0.4 is 10.6 Å².